The minimum Gasteiger partial charge on any atom is -0.287 e. The van der Waals surface area contributed by atoms with Crippen LogP contribution in [0, 0.1) is 6.92 Å². The Balaban J connectivity index is 1.86. The number of carbonyl (C=O) groups is 1. The predicted molar refractivity (Wildman–Crippen MR) is 105 cm³/mol. The van der Waals surface area contributed by atoms with Crippen LogP contribution < -0.4 is 4.57 Å². The number of aromatic nitrogens is 1. The topological polar surface area (TPSA) is 20.9 Å². The number of hydrogen-bond donors (Lipinski definition) is 0. The first-order chi connectivity index (χ1) is 12.7. The van der Waals surface area contributed by atoms with Crippen LogP contribution >= 0.6 is 0 Å². The third-order valence-corrected chi connectivity index (χ3v) is 4.68. The van der Waals surface area contributed by atoms with Crippen LogP contribution in [0.15, 0.2) is 91.0 Å². The molecule has 0 aliphatic heterocycles. The molecule has 4 rings (SSSR count). The van der Waals surface area contributed by atoms with Crippen LogP contribution in [0.3, 0.4) is 0 Å². The second kappa shape index (κ2) is 6.93. The second-order valence-corrected chi connectivity index (χ2v) is 6.52. The molecule has 0 bridgehead atoms. The summed E-state index contributed by atoms with van der Waals surface area (Å²) in [6.07, 6.45) is 0. The lowest BCUT2D eigenvalue weighted by molar-refractivity contribution is -0.646. The highest BCUT2D eigenvalue weighted by Crippen LogP contribution is 2.20. The van der Waals surface area contributed by atoms with Crippen LogP contribution in [0.5, 0.6) is 0 Å². The van der Waals surface area contributed by atoms with Gasteiger partial charge in [0.25, 0.3) is 0 Å². The molecule has 126 valence electrons. The summed E-state index contributed by atoms with van der Waals surface area (Å²) in [5.74, 6) is 0.111. The number of fused-ring (bicyclic) bond motifs is 1. The number of benzene rings is 3. The van der Waals surface area contributed by atoms with Crippen molar-refractivity contribution in [3.8, 4) is 11.3 Å². The highest BCUT2D eigenvalue weighted by Gasteiger charge is 2.21. The van der Waals surface area contributed by atoms with Crippen LogP contribution in [0.1, 0.15) is 15.9 Å². The van der Waals surface area contributed by atoms with Crippen molar-refractivity contribution in [2.45, 2.75) is 13.5 Å². The SMILES string of the molecule is Cc1ccc(-c2ccc3ccccc3[n+]2CC(=O)c2ccccc2)cc1. The van der Waals surface area contributed by atoms with Gasteiger partial charge < -0.3 is 0 Å². The lowest BCUT2D eigenvalue weighted by Gasteiger charge is -2.08. The molecule has 0 N–H and O–H groups in total. The Bertz CT molecular complexity index is 1070. The van der Waals surface area contributed by atoms with Gasteiger partial charge in [0, 0.05) is 28.6 Å². The van der Waals surface area contributed by atoms with Crippen LogP contribution in [0.2, 0.25) is 0 Å². The van der Waals surface area contributed by atoms with E-state index in [0.29, 0.717) is 6.54 Å². The predicted octanol–water partition coefficient (Wildman–Crippen LogP) is 4.99. The van der Waals surface area contributed by atoms with E-state index in [1.807, 2.05) is 42.5 Å². The van der Waals surface area contributed by atoms with E-state index in [-0.39, 0.29) is 5.78 Å². The summed E-state index contributed by atoms with van der Waals surface area (Å²) in [6, 6.07) is 30.3. The van der Waals surface area contributed by atoms with Crippen molar-refractivity contribution in [2.24, 2.45) is 0 Å². The smallest absolute Gasteiger partial charge is 0.227 e. The summed E-state index contributed by atoms with van der Waals surface area (Å²) in [7, 11) is 0. The molecule has 0 atom stereocenters. The van der Waals surface area contributed by atoms with E-state index >= 15 is 0 Å². The first-order valence-electron chi connectivity index (χ1n) is 8.79. The molecule has 4 aromatic rings. The summed E-state index contributed by atoms with van der Waals surface area (Å²) in [4.78, 5) is 12.9. The number of hydrogen-bond acceptors (Lipinski definition) is 1. The lowest BCUT2D eigenvalue weighted by Crippen LogP contribution is -2.41. The molecule has 0 saturated heterocycles. The van der Waals surface area contributed by atoms with E-state index in [9.17, 15) is 4.79 Å². The van der Waals surface area contributed by atoms with Crippen molar-refractivity contribution in [1.82, 2.24) is 0 Å². The third kappa shape index (κ3) is 3.14. The third-order valence-electron chi connectivity index (χ3n) is 4.68. The number of aryl methyl sites for hydroxylation is 1. The first-order valence-corrected chi connectivity index (χ1v) is 8.79. The fraction of sp³-hybridized carbons (Fsp3) is 0.0833. The van der Waals surface area contributed by atoms with Crippen molar-refractivity contribution in [2.75, 3.05) is 0 Å². The Labute approximate surface area is 153 Å². The molecule has 0 aliphatic rings. The zero-order valence-electron chi connectivity index (χ0n) is 14.7. The summed E-state index contributed by atoms with van der Waals surface area (Å²) in [6.45, 7) is 2.39. The summed E-state index contributed by atoms with van der Waals surface area (Å²) in [5, 5.41) is 1.13. The number of rotatable bonds is 4. The molecule has 0 amide bonds. The lowest BCUT2D eigenvalue weighted by atomic mass is 10.1. The molecule has 0 unspecified atom stereocenters. The number of ketones is 1. The van der Waals surface area contributed by atoms with Gasteiger partial charge in [-0.2, -0.15) is 4.57 Å². The summed E-state index contributed by atoms with van der Waals surface area (Å²) < 4.78 is 2.12. The van der Waals surface area contributed by atoms with Gasteiger partial charge in [-0.05, 0) is 31.2 Å². The minimum atomic E-state index is 0.111. The largest absolute Gasteiger partial charge is 0.287 e. The number of Topliss-reactive ketones (excluding diaryl/α,β-unsaturated/α-hetero) is 1. The van der Waals surface area contributed by atoms with Gasteiger partial charge in [0.05, 0.1) is 0 Å². The Hall–Kier alpha value is -3.26. The Morgan fingerprint density at radius 2 is 1.46 bits per heavy atom. The van der Waals surface area contributed by atoms with Gasteiger partial charge in [-0.3, -0.25) is 4.79 Å². The molecule has 26 heavy (non-hydrogen) atoms. The molecule has 2 nitrogen and oxygen atoms in total. The van der Waals surface area contributed by atoms with E-state index in [2.05, 4.69) is 60.0 Å². The van der Waals surface area contributed by atoms with E-state index in [4.69, 9.17) is 0 Å². The van der Waals surface area contributed by atoms with E-state index in [0.717, 1.165) is 27.7 Å². The molecule has 0 fully saturated rings. The second-order valence-electron chi connectivity index (χ2n) is 6.52. The van der Waals surface area contributed by atoms with Crippen molar-refractivity contribution in [3.63, 3.8) is 0 Å². The van der Waals surface area contributed by atoms with Crippen molar-refractivity contribution < 1.29 is 9.36 Å². The van der Waals surface area contributed by atoms with E-state index in [1.165, 1.54) is 5.56 Å². The van der Waals surface area contributed by atoms with Crippen LogP contribution in [0.4, 0.5) is 0 Å². The van der Waals surface area contributed by atoms with Gasteiger partial charge in [-0.15, -0.1) is 0 Å². The molecule has 0 radical (unpaired) electrons. The molecular formula is C24H20NO+. The zero-order valence-corrected chi connectivity index (χ0v) is 14.7. The first kappa shape index (κ1) is 16.2. The van der Waals surface area contributed by atoms with Gasteiger partial charge in [-0.1, -0.05) is 60.2 Å². The quantitative estimate of drug-likeness (QED) is 0.379. The fourth-order valence-electron chi connectivity index (χ4n) is 3.27. The number of para-hydroxylation sites is 1. The Kier molecular flexibility index (Phi) is 4.32. The highest BCUT2D eigenvalue weighted by molar-refractivity contribution is 5.95. The Morgan fingerprint density at radius 3 is 2.23 bits per heavy atom. The standard InChI is InChI=1S/C24H20NO/c1-18-11-13-20(14-12-18)23-16-15-19-7-5-6-10-22(19)25(23)17-24(26)21-8-3-2-4-9-21/h2-16H,17H2,1H3/q+1. The van der Waals surface area contributed by atoms with Crippen LogP contribution in [-0.4, -0.2) is 5.78 Å². The maximum absolute atomic E-state index is 12.9. The van der Waals surface area contributed by atoms with Crippen LogP contribution in [0.25, 0.3) is 22.2 Å². The monoisotopic (exact) mass is 338 g/mol. The molecule has 1 aromatic heterocycles. The maximum atomic E-state index is 12.9. The average Bonchev–Trinajstić information content (AvgIpc) is 2.70. The highest BCUT2D eigenvalue weighted by atomic mass is 16.1. The Morgan fingerprint density at radius 1 is 0.769 bits per heavy atom. The molecule has 0 saturated carbocycles. The fourth-order valence-corrected chi connectivity index (χ4v) is 3.27. The van der Waals surface area contributed by atoms with Gasteiger partial charge in [0.2, 0.25) is 23.5 Å². The number of pyridine rings is 1. The van der Waals surface area contributed by atoms with E-state index in [1.54, 1.807) is 0 Å². The van der Waals surface area contributed by atoms with E-state index < -0.39 is 0 Å². The average molecular weight is 338 g/mol. The minimum absolute atomic E-state index is 0.111. The van der Waals surface area contributed by atoms with Gasteiger partial charge in [-0.25, -0.2) is 0 Å². The molecule has 1 heterocycles. The van der Waals surface area contributed by atoms with Gasteiger partial charge in [0.1, 0.15) is 0 Å². The van der Waals surface area contributed by atoms with Gasteiger partial charge in [0.15, 0.2) is 0 Å². The van der Waals surface area contributed by atoms with Crippen molar-refractivity contribution in [3.05, 3.63) is 102 Å². The molecule has 2 heteroatoms. The number of nitrogens with zero attached hydrogens (tertiary/aromatic N) is 1. The molecule has 0 aliphatic carbocycles. The summed E-state index contributed by atoms with van der Waals surface area (Å²) in [5.41, 5.74) is 5.19. The van der Waals surface area contributed by atoms with Crippen molar-refractivity contribution >= 4 is 16.7 Å². The molecule has 0 spiro atoms. The summed E-state index contributed by atoms with van der Waals surface area (Å²) >= 11 is 0. The number of carbonyl (C=O) groups excluding carboxylic acids is 1. The normalized spacial score (nSPS) is 10.8. The van der Waals surface area contributed by atoms with Crippen LogP contribution in [-0.2, 0) is 6.54 Å². The molecule has 3 aromatic carbocycles. The van der Waals surface area contributed by atoms with Crippen molar-refractivity contribution in [1.29, 1.82) is 0 Å². The molecular weight excluding hydrogens is 318 g/mol. The zero-order chi connectivity index (χ0) is 17.9. The van der Waals surface area contributed by atoms with Gasteiger partial charge >= 0.3 is 0 Å². The maximum Gasteiger partial charge on any atom is 0.227 e.